The maximum atomic E-state index is 12.5. The van der Waals surface area contributed by atoms with E-state index in [0.717, 1.165) is 40.5 Å². The summed E-state index contributed by atoms with van der Waals surface area (Å²) in [5, 5.41) is 0. The van der Waals surface area contributed by atoms with Crippen LogP contribution >= 0.6 is 15.9 Å². The van der Waals surface area contributed by atoms with Crippen molar-refractivity contribution in [3.63, 3.8) is 0 Å². The van der Waals surface area contributed by atoms with Crippen LogP contribution in [0, 0.1) is 0 Å². The number of benzene rings is 2. The number of sulfonamides is 1. The van der Waals surface area contributed by atoms with Crippen molar-refractivity contribution in [2.45, 2.75) is 30.2 Å². The SMILES string of the molecule is O=C(/C=C/c1ccc(S(=O)(=O)NC2CC2)cc1)N1CCc2cc(Br)ccc21. The molecule has 1 N–H and O–H groups in total. The number of fused-ring (bicyclic) bond motifs is 1. The van der Waals surface area contributed by atoms with Gasteiger partial charge in [-0.15, -0.1) is 0 Å². The molecule has 140 valence electrons. The Morgan fingerprint density at radius 1 is 1.15 bits per heavy atom. The molecule has 1 saturated carbocycles. The fraction of sp³-hybridized carbons (Fsp3) is 0.250. The Labute approximate surface area is 167 Å². The molecule has 7 heteroatoms. The minimum atomic E-state index is -3.45. The first kappa shape index (κ1) is 18.4. The van der Waals surface area contributed by atoms with Crippen molar-refractivity contribution >= 4 is 43.6 Å². The number of nitrogens with zero attached hydrogens (tertiary/aromatic N) is 1. The highest BCUT2D eigenvalue weighted by Gasteiger charge is 2.27. The molecule has 1 heterocycles. The maximum absolute atomic E-state index is 12.5. The van der Waals surface area contributed by atoms with Crippen LogP contribution in [-0.2, 0) is 21.2 Å². The van der Waals surface area contributed by atoms with Crippen molar-refractivity contribution in [3.8, 4) is 0 Å². The van der Waals surface area contributed by atoms with Gasteiger partial charge in [0.05, 0.1) is 4.90 Å². The van der Waals surface area contributed by atoms with E-state index >= 15 is 0 Å². The summed E-state index contributed by atoms with van der Waals surface area (Å²) < 4.78 is 28.0. The predicted octanol–water partition coefficient (Wildman–Crippen LogP) is 3.49. The number of halogens is 1. The van der Waals surface area contributed by atoms with E-state index in [1.54, 1.807) is 35.2 Å². The van der Waals surface area contributed by atoms with Crippen LogP contribution in [0.2, 0.25) is 0 Å². The van der Waals surface area contributed by atoms with Gasteiger partial charge in [-0.25, -0.2) is 13.1 Å². The number of amides is 1. The van der Waals surface area contributed by atoms with Gasteiger partial charge in [0.25, 0.3) is 5.91 Å². The standard InChI is InChI=1S/C20H19BrN2O3S/c21-16-4-9-19-15(13-16)11-12-23(19)20(24)10-3-14-1-7-18(8-2-14)27(25,26)22-17-5-6-17/h1-4,7-10,13,17,22H,5-6,11-12H2/b10-3+. The molecule has 1 fully saturated rings. The zero-order valence-electron chi connectivity index (χ0n) is 14.6. The normalized spacial score (nSPS) is 16.7. The van der Waals surface area contributed by atoms with Crippen LogP contribution < -0.4 is 9.62 Å². The van der Waals surface area contributed by atoms with E-state index in [2.05, 4.69) is 20.7 Å². The van der Waals surface area contributed by atoms with Gasteiger partial charge in [-0.05, 0) is 66.8 Å². The Morgan fingerprint density at radius 3 is 2.59 bits per heavy atom. The molecule has 0 unspecified atom stereocenters. The molecule has 2 aliphatic rings. The molecule has 1 aliphatic heterocycles. The molecular weight excluding hydrogens is 428 g/mol. The van der Waals surface area contributed by atoms with Gasteiger partial charge < -0.3 is 4.90 Å². The maximum Gasteiger partial charge on any atom is 0.251 e. The monoisotopic (exact) mass is 446 g/mol. The summed E-state index contributed by atoms with van der Waals surface area (Å²) in [4.78, 5) is 14.5. The van der Waals surface area contributed by atoms with Gasteiger partial charge in [0.2, 0.25) is 10.0 Å². The third-order valence-electron chi connectivity index (χ3n) is 4.71. The first-order valence-corrected chi connectivity index (χ1v) is 11.1. The minimum Gasteiger partial charge on any atom is -0.308 e. The van der Waals surface area contributed by atoms with Crippen LogP contribution in [0.25, 0.3) is 6.08 Å². The van der Waals surface area contributed by atoms with Crippen molar-refractivity contribution < 1.29 is 13.2 Å². The highest BCUT2D eigenvalue weighted by atomic mass is 79.9. The van der Waals surface area contributed by atoms with E-state index in [1.165, 1.54) is 6.08 Å². The van der Waals surface area contributed by atoms with Gasteiger partial charge in [0.1, 0.15) is 0 Å². The van der Waals surface area contributed by atoms with Gasteiger partial charge in [-0.2, -0.15) is 0 Å². The average molecular weight is 447 g/mol. The van der Waals surface area contributed by atoms with Crippen molar-refractivity contribution in [2.75, 3.05) is 11.4 Å². The molecular formula is C20H19BrN2O3S. The highest BCUT2D eigenvalue weighted by molar-refractivity contribution is 9.10. The number of hydrogen-bond acceptors (Lipinski definition) is 3. The Kier molecular flexibility index (Phi) is 4.92. The lowest BCUT2D eigenvalue weighted by Gasteiger charge is -2.15. The van der Waals surface area contributed by atoms with Gasteiger partial charge in [0.15, 0.2) is 0 Å². The van der Waals surface area contributed by atoms with Gasteiger partial charge in [-0.3, -0.25) is 4.79 Å². The fourth-order valence-electron chi connectivity index (χ4n) is 3.10. The summed E-state index contributed by atoms with van der Waals surface area (Å²) in [7, 11) is -3.45. The molecule has 2 aromatic rings. The lowest BCUT2D eigenvalue weighted by atomic mass is 10.2. The van der Waals surface area contributed by atoms with Crippen LogP contribution in [0.4, 0.5) is 5.69 Å². The molecule has 4 rings (SSSR count). The van der Waals surface area contributed by atoms with Crippen molar-refractivity contribution in [2.24, 2.45) is 0 Å². The summed E-state index contributed by atoms with van der Waals surface area (Å²) >= 11 is 3.45. The lowest BCUT2D eigenvalue weighted by molar-refractivity contribution is -0.114. The first-order chi connectivity index (χ1) is 12.9. The Hall–Kier alpha value is -1.96. The number of rotatable bonds is 5. The predicted molar refractivity (Wildman–Crippen MR) is 109 cm³/mol. The van der Waals surface area contributed by atoms with E-state index in [1.807, 2.05) is 18.2 Å². The minimum absolute atomic E-state index is 0.0798. The molecule has 5 nitrogen and oxygen atoms in total. The summed E-state index contributed by atoms with van der Waals surface area (Å²) in [6.45, 7) is 0.666. The highest BCUT2D eigenvalue weighted by Crippen LogP contribution is 2.30. The summed E-state index contributed by atoms with van der Waals surface area (Å²) in [5.74, 6) is -0.0804. The topological polar surface area (TPSA) is 66.5 Å². The van der Waals surface area contributed by atoms with E-state index in [-0.39, 0.29) is 16.8 Å². The van der Waals surface area contributed by atoms with E-state index in [9.17, 15) is 13.2 Å². The number of anilines is 1. The largest absolute Gasteiger partial charge is 0.308 e. The molecule has 0 atom stereocenters. The zero-order chi connectivity index (χ0) is 19.0. The summed E-state index contributed by atoms with van der Waals surface area (Å²) in [5.41, 5.74) is 2.88. The van der Waals surface area contributed by atoms with Crippen molar-refractivity contribution in [1.29, 1.82) is 0 Å². The fourth-order valence-corrected chi connectivity index (χ4v) is 4.82. The molecule has 0 saturated heterocycles. The second kappa shape index (κ2) is 7.22. The second-order valence-electron chi connectivity index (χ2n) is 6.81. The zero-order valence-corrected chi connectivity index (χ0v) is 17.0. The molecule has 1 aliphatic carbocycles. The molecule has 27 heavy (non-hydrogen) atoms. The average Bonchev–Trinajstić information content (AvgIpc) is 3.35. The number of carbonyl (C=O) groups is 1. The molecule has 0 radical (unpaired) electrons. The quantitative estimate of drug-likeness (QED) is 0.714. The molecule has 0 aromatic heterocycles. The summed E-state index contributed by atoms with van der Waals surface area (Å²) in [6, 6.07) is 12.6. The second-order valence-corrected chi connectivity index (χ2v) is 9.44. The molecule has 1 amide bonds. The van der Waals surface area contributed by atoms with Crippen LogP contribution in [0.5, 0.6) is 0 Å². The third kappa shape index (κ3) is 4.15. The first-order valence-electron chi connectivity index (χ1n) is 8.83. The molecule has 0 spiro atoms. The van der Waals surface area contributed by atoms with Crippen molar-refractivity contribution in [3.05, 3.63) is 64.1 Å². The van der Waals surface area contributed by atoms with E-state index < -0.39 is 10.0 Å². The van der Waals surface area contributed by atoms with Gasteiger partial charge >= 0.3 is 0 Å². The number of carbonyl (C=O) groups excluding carboxylic acids is 1. The smallest absolute Gasteiger partial charge is 0.251 e. The number of hydrogen-bond donors (Lipinski definition) is 1. The molecule has 2 aromatic carbocycles. The number of nitrogens with one attached hydrogen (secondary N) is 1. The van der Waals surface area contributed by atoms with E-state index in [0.29, 0.717) is 6.54 Å². The molecule has 0 bridgehead atoms. The summed E-state index contributed by atoms with van der Waals surface area (Å²) in [6.07, 6.45) is 5.89. The Bertz CT molecular complexity index is 1010. The lowest BCUT2D eigenvalue weighted by Crippen LogP contribution is -2.26. The third-order valence-corrected chi connectivity index (χ3v) is 6.74. The van der Waals surface area contributed by atoms with Crippen LogP contribution in [0.3, 0.4) is 0 Å². The van der Waals surface area contributed by atoms with Crippen molar-refractivity contribution in [1.82, 2.24) is 4.72 Å². The Morgan fingerprint density at radius 2 is 1.89 bits per heavy atom. The van der Waals surface area contributed by atoms with Crippen LogP contribution in [0.1, 0.15) is 24.0 Å². The Balaban J connectivity index is 1.45. The van der Waals surface area contributed by atoms with E-state index in [4.69, 9.17) is 0 Å². The van der Waals surface area contributed by atoms with Gasteiger partial charge in [0, 0.05) is 28.8 Å². The van der Waals surface area contributed by atoms with Gasteiger partial charge in [-0.1, -0.05) is 28.1 Å². The van der Waals surface area contributed by atoms with Crippen LogP contribution in [0.15, 0.2) is 57.9 Å². The van der Waals surface area contributed by atoms with Crippen LogP contribution in [-0.4, -0.2) is 26.9 Å².